The van der Waals surface area contributed by atoms with Gasteiger partial charge in [-0.15, -0.1) is 0 Å². The summed E-state index contributed by atoms with van der Waals surface area (Å²) in [5.74, 6) is 0.938. The lowest BCUT2D eigenvalue weighted by atomic mass is 9.88. The molecule has 2 fully saturated rings. The fourth-order valence-corrected chi connectivity index (χ4v) is 2.56. The second kappa shape index (κ2) is 5.83. The Morgan fingerprint density at radius 1 is 1.47 bits per heavy atom. The third kappa shape index (κ3) is 3.19. The molecule has 4 heteroatoms. The zero-order chi connectivity index (χ0) is 12.3. The number of hydrogen-bond donors (Lipinski definition) is 1. The van der Waals surface area contributed by atoms with Gasteiger partial charge >= 0.3 is 0 Å². The van der Waals surface area contributed by atoms with Gasteiger partial charge in [0.25, 0.3) is 0 Å². The molecule has 2 heterocycles. The van der Waals surface area contributed by atoms with Crippen molar-refractivity contribution in [2.45, 2.75) is 32.3 Å². The van der Waals surface area contributed by atoms with E-state index in [1.54, 1.807) is 0 Å². The Hall–Kier alpha value is -0.610. The van der Waals surface area contributed by atoms with Crippen LogP contribution in [0.1, 0.15) is 26.2 Å². The first kappa shape index (κ1) is 12.8. The van der Waals surface area contributed by atoms with Crippen molar-refractivity contribution in [3.63, 3.8) is 0 Å². The molecule has 2 aliphatic heterocycles. The van der Waals surface area contributed by atoms with Crippen LogP contribution in [-0.2, 0) is 9.53 Å². The highest BCUT2D eigenvalue weighted by Gasteiger charge is 2.31. The first-order chi connectivity index (χ1) is 8.18. The van der Waals surface area contributed by atoms with Crippen molar-refractivity contribution in [1.82, 2.24) is 10.2 Å². The van der Waals surface area contributed by atoms with Crippen molar-refractivity contribution in [2.75, 3.05) is 33.3 Å². The molecule has 17 heavy (non-hydrogen) atoms. The predicted octanol–water partition coefficient (Wildman–Crippen LogP) is 0.869. The summed E-state index contributed by atoms with van der Waals surface area (Å²) in [5, 5.41) is 3.22. The summed E-state index contributed by atoms with van der Waals surface area (Å²) in [6.07, 6.45) is 3.74. The number of amides is 1. The maximum absolute atomic E-state index is 12.2. The van der Waals surface area contributed by atoms with Gasteiger partial charge in [-0.1, -0.05) is 6.92 Å². The van der Waals surface area contributed by atoms with Gasteiger partial charge in [-0.05, 0) is 38.3 Å². The van der Waals surface area contributed by atoms with Gasteiger partial charge in [0, 0.05) is 26.1 Å². The maximum Gasteiger partial charge on any atom is 0.225 e. The molecule has 0 radical (unpaired) electrons. The van der Waals surface area contributed by atoms with E-state index < -0.39 is 0 Å². The SMILES string of the molecule is CC(C(=O)N(C)CC1CCCCO1)C1CNC1. The van der Waals surface area contributed by atoms with Crippen LogP contribution in [-0.4, -0.2) is 50.2 Å². The topological polar surface area (TPSA) is 41.6 Å². The van der Waals surface area contributed by atoms with E-state index >= 15 is 0 Å². The van der Waals surface area contributed by atoms with Gasteiger partial charge in [0.05, 0.1) is 6.10 Å². The molecule has 0 aliphatic carbocycles. The fraction of sp³-hybridized carbons (Fsp3) is 0.923. The van der Waals surface area contributed by atoms with E-state index in [0.717, 1.165) is 39.1 Å². The molecule has 1 amide bonds. The molecule has 98 valence electrons. The van der Waals surface area contributed by atoms with Crippen molar-refractivity contribution in [2.24, 2.45) is 11.8 Å². The zero-order valence-electron chi connectivity index (χ0n) is 10.9. The highest BCUT2D eigenvalue weighted by molar-refractivity contribution is 5.78. The van der Waals surface area contributed by atoms with E-state index in [4.69, 9.17) is 4.74 Å². The van der Waals surface area contributed by atoms with Crippen LogP contribution in [0.3, 0.4) is 0 Å². The van der Waals surface area contributed by atoms with Gasteiger partial charge in [-0.2, -0.15) is 0 Å². The molecule has 1 N–H and O–H groups in total. The van der Waals surface area contributed by atoms with Gasteiger partial charge < -0.3 is 15.0 Å². The van der Waals surface area contributed by atoms with Gasteiger partial charge in [0.1, 0.15) is 0 Å². The molecule has 0 saturated carbocycles. The van der Waals surface area contributed by atoms with Crippen LogP contribution in [0.2, 0.25) is 0 Å². The molecular weight excluding hydrogens is 216 g/mol. The van der Waals surface area contributed by atoms with Gasteiger partial charge in [-0.3, -0.25) is 4.79 Å². The van der Waals surface area contributed by atoms with Crippen LogP contribution in [0.5, 0.6) is 0 Å². The fourth-order valence-electron chi connectivity index (χ4n) is 2.56. The summed E-state index contributed by atoms with van der Waals surface area (Å²) in [4.78, 5) is 14.1. The van der Waals surface area contributed by atoms with Gasteiger partial charge in [-0.25, -0.2) is 0 Å². The molecule has 0 bridgehead atoms. The van der Waals surface area contributed by atoms with E-state index in [9.17, 15) is 4.79 Å². The first-order valence-electron chi connectivity index (χ1n) is 6.76. The quantitative estimate of drug-likeness (QED) is 0.793. The first-order valence-corrected chi connectivity index (χ1v) is 6.76. The van der Waals surface area contributed by atoms with E-state index in [2.05, 4.69) is 5.32 Å². The molecule has 4 nitrogen and oxygen atoms in total. The third-order valence-electron chi connectivity index (χ3n) is 4.04. The summed E-state index contributed by atoms with van der Waals surface area (Å²) >= 11 is 0. The lowest BCUT2D eigenvalue weighted by Crippen LogP contribution is -2.50. The van der Waals surface area contributed by atoms with Crippen LogP contribution in [0.25, 0.3) is 0 Å². The summed E-state index contributed by atoms with van der Waals surface area (Å²) in [5.41, 5.74) is 0. The van der Waals surface area contributed by atoms with Crippen LogP contribution in [0.4, 0.5) is 0 Å². The summed E-state index contributed by atoms with van der Waals surface area (Å²) < 4.78 is 5.67. The summed E-state index contributed by atoms with van der Waals surface area (Å²) in [6, 6.07) is 0. The number of nitrogens with one attached hydrogen (secondary N) is 1. The van der Waals surface area contributed by atoms with Crippen molar-refractivity contribution >= 4 is 5.91 Å². The third-order valence-corrected chi connectivity index (χ3v) is 4.04. The summed E-state index contributed by atoms with van der Waals surface area (Å²) in [6.45, 7) is 5.63. The zero-order valence-corrected chi connectivity index (χ0v) is 10.9. The minimum absolute atomic E-state index is 0.143. The van der Waals surface area contributed by atoms with Crippen LogP contribution < -0.4 is 5.32 Å². The Kier molecular flexibility index (Phi) is 4.40. The highest BCUT2D eigenvalue weighted by atomic mass is 16.5. The molecular formula is C13H24N2O2. The lowest BCUT2D eigenvalue weighted by Gasteiger charge is -2.35. The van der Waals surface area contributed by atoms with E-state index in [-0.39, 0.29) is 17.9 Å². The molecule has 2 atom stereocenters. The number of carbonyl (C=O) groups excluding carboxylic acids is 1. The standard InChI is InChI=1S/C13H24N2O2/c1-10(11-7-14-8-11)13(16)15(2)9-12-5-3-4-6-17-12/h10-12,14H,3-9H2,1-2H3. The molecule has 2 rings (SSSR count). The second-order valence-corrected chi connectivity index (χ2v) is 5.41. The van der Waals surface area contributed by atoms with Crippen LogP contribution >= 0.6 is 0 Å². The molecule has 0 aromatic carbocycles. The number of likely N-dealkylation sites (N-methyl/N-ethyl adjacent to an activating group) is 1. The minimum Gasteiger partial charge on any atom is -0.376 e. The normalized spacial score (nSPS) is 27.3. The number of nitrogens with zero attached hydrogens (tertiary/aromatic N) is 1. The molecule has 0 spiro atoms. The van der Waals surface area contributed by atoms with E-state index in [1.165, 1.54) is 6.42 Å². The van der Waals surface area contributed by atoms with Crippen molar-refractivity contribution in [3.05, 3.63) is 0 Å². The average molecular weight is 240 g/mol. The van der Waals surface area contributed by atoms with E-state index in [1.807, 2.05) is 18.9 Å². The minimum atomic E-state index is 0.143. The number of hydrogen-bond acceptors (Lipinski definition) is 3. The largest absolute Gasteiger partial charge is 0.376 e. The molecule has 0 aromatic heterocycles. The van der Waals surface area contributed by atoms with Crippen molar-refractivity contribution < 1.29 is 9.53 Å². The molecule has 0 aromatic rings. The number of ether oxygens (including phenoxy) is 1. The smallest absolute Gasteiger partial charge is 0.225 e. The van der Waals surface area contributed by atoms with E-state index in [0.29, 0.717) is 5.92 Å². The second-order valence-electron chi connectivity index (χ2n) is 5.41. The summed E-state index contributed by atoms with van der Waals surface area (Å²) in [7, 11) is 1.91. The molecule has 2 saturated heterocycles. The van der Waals surface area contributed by atoms with Crippen LogP contribution in [0, 0.1) is 11.8 Å². The molecule has 2 unspecified atom stereocenters. The number of rotatable bonds is 4. The monoisotopic (exact) mass is 240 g/mol. The highest BCUT2D eigenvalue weighted by Crippen LogP contribution is 2.19. The maximum atomic E-state index is 12.2. The lowest BCUT2D eigenvalue weighted by molar-refractivity contribution is -0.138. The Morgan fingerprint density at radius 3 is 2.76 bits per heavy atom. The Balaban J connectivity index is 1.77. The molecule has 2 aliphatic rings. The predicted molar refractivity (Wildman–Crippen MR) is 66.8 cm³/mol. The number of carbonyl (C=O) groups is 1. The van der Waals surface area contributed by atoms with Gasteiger partial charge in [0.2, 0.25) is 5.91 Å². The Labute approximate surface area is 104 Å². The Morgan fingerprint density at radius 2 is 2.24 bits per heavy atom. The van der Waals surface area contributed by atoms with Crippen molar-refractivity contribution in [3.8, 4) is 0 Å². The van der Waals surface area contributed by atoms with Gasteiger partial charge in [0.15, 0.2) is 0 Å². The van der Waals surface area contributed by atoms with Crippen molar-refractivity contribution in [1.29, 1.82) is 0 Å². The average Bonchev–Trinajstić information content (AvgIpc) is 2.27. The Bertz CT molecular complexity index is 260. The van der Waals surface area contributed by atoms with Crippen LogP contribution in [0.15, 0.2) is 0 Å².